The molecule has 1 saturated carbocycles. The predicted molar refractivity (Wildman–Crippen MR) is 149 cm³/mol. The van der Waals surface area contributed by atoms with E-state index in [1.165, 1.54) is 18.2 Å². The van der Waals surface area contributed by atoms with E-state index in [1.54, 1.807) is 19.3 Å². The van der Waals surface area contributed by atoms with Crippen LogP contribution in [0.15, 0.2) is 84.0 Å². The first-order valence-corrected chi connectivity index (χ1v) is 14.8. The molecule has 2 heterocycles. The van der Waals surface area contributed by atoms with Gasteiger partial charge in [-0.05, 0) is 61.6 Å². The molecule has 1 fully saturated rings. The first-order valence-electron chi connectivity index (χ1n) is 13.3. The number of nitrogens with zero attached hydrogens (tertiary/aromatic N) is 1. The Labute approximate surface area is 228 Å². The van der Waals surface area contributed by atoms with Crippen molar-refractivity contribution in [2.75, 3.05) is 0 Å². The molecule has 3 N–H and O–H groups in total. The fraction of sp³-hybridized carbons (Fsp3) is 0.333. The Balaban J connectivity index is 1.52. The molecule has 0 radical (unpaired) electrons. The van der Waals surface area contributed by atoms with Crippen molar-refractivity contribution in [3.8, 4) is 0 Å². The van der Waals surface area contributed by atoms with E-state index in [2.05, 4.69) is 20.0 Å². The number of carbonyl (C=O) groups is 1. The lowest BCUT2D eigenvalue weighted by molar-refractivity contribution is -0.127. The van der Waals surface area contributed by atoms with Crippen LogP contribution in [0.2, 0.25) is 0 Å². The molecule has 1 unspecified atom stereocenters. The minimum Gasteiger partial charge on any atom is -0.361 e. The predicted octanol–water partition coefficient (Wildman–Crippen LogP) is 5.42. The van der Waals surface area contributed by atoms with Crippen LogP contribution in [0, 0.1) is 11.7 Å². The Morgan fingerprint density at radius 1 is 1.05 bits per heavy atom. The molecule has 204 valence electrons. The zero-order chi connectivity index (χ0) is 27.5. The van der Waals surface area contributed by atoms with E-state index in [4.69, 9.17) is 0 Å². The number of aromatic nitrogens is 2. The van der Waals surface area contributed by atoms with E-state index in [9.17, 15) is 17.6 Å². The number of amides is 1. The van der Waals surface area contributed by atoms with Crippen molar-refractivity contribution >= 4 is 26.8 Å². The van der Waals surface area contributed by atoms with Crippen LogP contribution < -0.4 is 10.0 Å². The van der Waals surface area contributed by atoms with Gasteiger partial charge in [0.2, 0.25) is 15.9 Å². The zero-order valence-electron chi connectivity index (χ0n) is 21.9. The second kappa shape index (κ2) is 11.3. The zero-order valence-corrected chi connectivity index (χ0v) is 22.7. The average molecular weight is 549 g/mol. The number of carbonyl (C=O) groups excluding carboxylic acids is 1. The molecule has 2 aromatic carbocycles. The van der Waals surface area contributed by atoms with Gasteiger partial charge in [0.15, 0.2) is 0 Å². The lowest BCUT2D eigenvalue weighted by Crippen LogP contribution is -2.59. The summed E-state index contributed by atoms with van der Waals surface area (Å²) < 4.78 is 44.1. The summed E-state index contributed by atoms with van der Waals surface area (Å²) in [5.41, 5.74) is 0.754. The Kier molecular flexibility index (Phi) is 7.81. The molecule has 9 heteroatoms. The van der Waals surface area contributed by atoms with Crippen molar-refractivity contribution in [1.29, 1.82) is 0 Å². The van der Waals surface area contributed by atoms with Gasteiger partial charge in [-0.1, -0.05) is 55.7 Å². The average Bonchev–Trinajstić information content (AvgIpc) is 3.34. The minimum atomic E-state index is -4.39. The van der Waals surface area contributed by atoms with E-state index >= 15 is 0 Å². The van der Waals surface area contributed by atoms with Crippen LogP contribution >= 0.6 is 0 Å². The number of pyridine rings is 1. The van der Waals surface area contributed by atoms with E-state index < -0.39 is 32.2 Å². The molecule has 0 spiro atoms. The molecule has 0 saturated heterocycles. The molecular weight excluding hydrogens is 515 g/mol. The Morgan fingerprint density at radius 3 is 2.51 bits per heavy atom. The number of fused-ring (bicyclic) bond motifs is 1. The summed E-state index contributed by atoms with van der Waals surface area (Å²) >= 11 is 0. The number of H-pyrrole nitrogens is 1. The number of hydrogen-bond donors (Lipinski definition) is 3. The summed E-state index contributed by atoms with van der Waals surface area (Å²) in [6.07, 6.45) is 8.71. The van der Waals surface area contributed by atoms with Crippen molar-refractivity contribution < 1.29 is 17.6 Å². The number of aromatic amines is 1. The van der Waals surface area contributed by atoms with Gasteiger partial charge in [-0.15, -0.1) is 0 Å². The van der Waals surface area contributed by atoms with Crippen LogP contribution in [0.4, 0.5) is 4.39 Å². The number of para-hydroxylation sites is 1. The number of nitrogens with one attached hydrogen (secondary N) is 3. The van der Waals surface area contributed by atoms with Gasteiger partial charge in [-0.2, -0.15) is 4.72 Å². The van der Waals surface area contributed by atoms with E-state index in [1.807, 2.05) is 42.5 Å². The lowest BCUT2D eigenvalue weighted by atomic mass is 9.82. The van der Waals surface area contributed by atoms with Crippen LogP contribution in [-0.4, -0.2) is 29.8 Å². The first-order chi connectivity index (χ1) is 18.8. The fourth-order valence-corrected chi connectivity index (χ4v) is 7.05. The number of rotatable bonds is 9. The van der Waals surface area contributed by atoms with E-state index in [-0.39, 0.29) is 18.4 Å². The molecule has 39 heavy (non-hydrogen) atoms. The summed E-state index contributed by atoms with van der Waals surface area (Å²) in [6, 6.07) is 18.0. The molecule has 1 amide bonds. The molecule has 1 aliphatic carbocycles. The molecule has 5 rings (SSSR count). The topological polar surface area (TPSA) is 104 Å². The summed E-state index contributed by atoms with van der Waals surface area (Å²) in [5, 5.41) is 4.04. The lowest BCUT2D eigenvalue weighted by Gasteiger charge is -2.35. The largest absolute Gasteiger partial charge is 0.361 e. The third-order valence-electron chi connectivity index (χ3n) is 7.62. The molecule has 7 nitrogen and oxygen atoms in total. The Morgan fingerprint density at radius 2 is 1.77 bits per heavy atom. The summed E-state index contributed by atoms with van der Waals surface area (Å²) in [7, 11) is -4.39. The van der Waals surface area contributed by atoms with Crippen LogP contribution in [-0.2, 0) is 21.2 Å². The van der Waals surface area contributed by atoms with E-state index in [0.717, 1.165) is 60.3 Å². The Hall–Kier alpha value is -3.56. The molecule has 1 aliphatic rings. The number of hydrogen-bond acceptors (Lipinski definition) is 4. The molecule has 4 aromatic rings. The maximum Gasteiger partial charge on any atom is 0.244 e. The minimum absolute atomic E-state index is 0.0517. The van der Waals surface area contributed by atoms with Crippen molar-refractivity contribution in [3.05, 3.63) is 96.2 Å². The number of benzene rings is 2. The summed E-state index contributed by atoms with van der Waals surface area (Å²) in [6.45, 7) is 1.55. The smallest absolute Gasteiger partial charge is 0.244 e. The maximum atomic E-state index is 14.6. The van der Waals surface area contributed by atoms with Gasteiger partial charge in [-0.25, -0.2) is 12.8 Å². The Bertz CT molecular complexity index is 1550. The second-order valence-corrected chi connectivity index (χ2v) is 12.2. The standard InChI is InChI=1S/C30H33FN4O3S/c1-30(19-22-20-33-25-15-7-5-13-23(22)25,35-39(37,38)27-17-8-6-14-24(27)31)29(36)34-28(21-11-3-2-4-12-21)26-16-9-10-18-32-26/h5-10,13-18,20-21,28,33,35H,2-4,11-12,19H2,1H3,(H,34,36)/t28?,30-/m0/s1. The van der Waals surface area contributed by atoms with Crippen molar-refractivity contribution in [2.45, 2.75) is 61.9 Å². The van der Waals surface area contributed by atoms with Crippen LogP contribution in [0.5, 0.6) is 0 Å². The quantitative estimate of drug-likeness (QED) is 0.260. The van der Waals surface area contributed by atoms with Crippen molar-refractivity contribution in [3.63, 3.8) is 0 Å². The van der Waals surface area contributed by atoms with Crippen molar-refractivity contribution in [1.82, 2.24) is 20.0 Å². The van der Waals surface area contributed by atoms with Gasteiger partial charge in [0.25, 0.3) is 0 Å². The molecule has 2 atom stereocenters. The van der Waals surface area contributed by atoms with Crippen LogP contribution in [0.1, 0.15) is 56.3 Å². The molecule has 0 aliphatic heterocycles. The molecule has 2 aromatic heterocycles. The fourth-order valence-electron chi connectivity index (χ4n) is 5.60. The first kappa shape index (κ1) is 27.0. The van der Waals surface area contributed by atoms with E-state index in [0.29, 0.717) is 0 Å². The summed E-state index contributed by atoms with van der Waals surface area (Å²) in [4.78, 5) is 21.4. The number of halogens is 1. The van der Waals surface area contributed by atoms with Gasteiger partial charge in [-0.3, -0.25) is 9.78 Å². The van der Waals surface area contributed by atoms with Crippen LogP contribution in [0.25, 0.3) is 10.9 Å². The highest BCUT2D eigenvalue weighted by Gasteiger charge is 2.41. The third-order valence-corrected chi connectivity index (χ3v) is 9.25. The van der Waals surface area contributed by atoms with Gasteiger partial charge < -0.3 is 10.3 Å². The highest BCUT2D eigenvalue weighted by molar-refractivity contribution is 7.89. The van der Waals surface area contributed by atoms with Gasteiger partial charge >= 0.3 is 0 Å². The SMILES string of the molecule is C[C@@](Cc1c[nH]c2ccccc12)(NS(=O)(=O)c1ccccc1F)C(=O)NC(c1ccccn1)C1CCCCC1. The maximum absolute atomic E-state index is 14.6. The highest BCUT2D eigenvalue weighted by atomic mass is 32.2. The third kappa shape index (κ3) is 5.89. The van der Waals surface area contributed by atoms with Crippen molar-refractivity contribution in [2.24, 2.45) is 5.92 Å². The number of sulfonamides is 1. The second-order valence-electron chi connectivity index (χ2n) is 10.5. The van der Waals surface area contributed by atoms with Gasteiger partial charge in [0.1, 0.15) is 16.3 Å². The normalized spacial score (nSPS) is 17.0. The van der Waals surface area contributed by atoms with Crippen LogP contribution in [0.3, 0.4) is 0 Å². The summed E-state index contributed by atoms with van der Waals surface area (Å²) in [5.74, 6) is -1.19. The highest BCUT2D eigenvalue weighted by Crippen LogP contribution is 2.35. The van der Waals surface area contributed by atoms with Gasteiger partial charge in [0.05, 0.1) is 11.7 Å². The monoisotopic (exact) mass is 548 g/mol. The molecule has 0 bridgehead atoms. The van der Waals surface area contributed by atoms with Gasteiger partial charge in [0, 0.05) is 29.7 Å². The molecular formula is C30H33FN4O3S.